The van der Waals surface area contributed by atoms with E-state index in [4.69, 9.17) is 11.6 Å². The summed E-state index contributed by atoms with van der Waals surface area (Å²) in [5.41, 5.74) is 0.909. The van der Waals surface area contributed by atoms with Gasteiger partial charge in [-0.25, -0.2) is 0 Å². The van der Waals surface area contributed by atoms with Crippen LogP contribution in [0.4, 0.5) is 5.69 Å². The largest absolute Gasteiger partial charge is 0.273 e. The van der Waals surface area contributed by atoms with Gasteiger partial charge in [0.15, 0.2) is 0 Å². The van der Waals surface area contributed by atoms with Gasteiger partial charge in [0.1, 0.15) is 11.1 Å². The van der Waals surface area contributed by atoms with Gasteiger partial charge in [-0.05, 0) is 73.8 Å². The quantitative estimate of drug-likeness (QED) is 0.667. The Kier molecular flexibility index (Phi) is 4.04. The van der Waals surface area contributed by atoms with Crippen molar-refractivity contribution in [3.8, 4) is 12.1 Å². The van der Waals surface area contributed by atoms with Crippen molar-refractivity contribution in [2.75, 3.05) is 4.90 Å². The van der Waals surface area contributed by atoms with E-state index in [1.54, 1.807) is 12.1 Å². The topological polar surface area (TPSA) is 67.9 Å². The SMILES string of the molecule is N#CC1=C(Cl)N(c2ccccc2)C(=O)[C@H](C#N)[C@H]1C12CC3CC(CC(C3)C1)C2. The van der Waals surface area contributed by atoms with E-state index in [1.165, 1.54) is 24.2 Å². The molecule has 1 heterocycles. The van der Waals surface area contributed by atoms with Crippen LogP contribution in [0.5, 0.6) is 0 Å². The number of anilines is 1. The Morgan fingerprint density at radius 1 is 1.00 bits per heavy atom. The Hall–Kier alpha value is -2.30. The monoisotopic (exact) mass is 391 g/mol. The molecule has 1 aliphatic heterocycles. The average Bonchev–Trinajstić information content (AvgIpc) is 2.67. The molecule has 1 aromatic rings. The fourth-order valence-electron chi connectivity index (χ4n) is 7.08. The minimum atomic E-state index is -0.853. The minimum Gasteiger partial charge on any atom is -0.273 e. The lowest BCUT2D eigenvalue weighted by Gasteiger charge is -2.60. The van der Waals surface area contributed by atoms with Gasteiger partial charge in [-0.3, -0.25) is 9.69 Å². The van der Waals surface area contributed by atoms with Gasteiger partial charge in [0.2, 0.25) is 5.91 Å². The Bertz CT molecular complexity index is 904. The summed E-state index contributed by atoms with van der Waals surface area (Å²) in [6.45, 7) is 0. The molecule has 0 radical (unpaired) electrons. The van der Waals surface area contributed by atoms with E-state index in [-0.39, 0.29) is 22.4 Å². The van der Waals surface area contributed by atoms with Crippen LogP contribution in [0.15, 0.2) is 41.1 Å². The molecule has 6 rings (SSSR count). The number of amides is 1. The Morgan fingerprint density at radius 3 is 2.07 bits per heavy atom. The van der Waals surface area contributed by atoms with Crippen molar-refractivity contribution in [2.24, 2.45) is 35.0 Å². The van der Waals surface area contributed by atoms with E-state index >= 15 is 0 Å². The number of benzene rings is 1. The van der Waals surface area contributed by atoms with Crippen LogP contribution in [-0.4, -0.2) is 5.91 Å². The maximum absolute atomic E-state index is 13.4. The smallest absolute Gasteiger partial charge is 0.250 e. The second kappa shape index (κ2) is 6.36. The van der Waals surface area contributed by atoms with Crippen LogP contribution in [0.3, 0.4) is 0 Å². The maximum atomic E-state index is 13.4. The summed E-state index contributed by atoms with van der Waals surface area (Å²) < 4.78 is 0. The van der Waals surface area contributed by atoms with Crippen LogP contribution >= 0.6 is 11.6 Å². The van der Waals surface area contributed by atoms with Crippen LogP contribution in [0.25, 0.3) is 0 Å². The van der Waals surface area contributed by atoms with E-state index < -0.39 is 5.92 Å². The van der Waals surface area contributed by atoms with E-state index in [9.17, 15) is 15.3 Å². The number of halogens is 1. The van der Waals surface area contributed by atoms with Gasteiger partial charge < -0.3 is 0 Å². The third-order valence-corrected chi connectivity index (χ3v) is 7.94. The first-order chi connectivity index (χ1) is 13.6. The van der Waals surface area contributed by atoms with Gasteiger partial charge in [0.25, 0.3) is 0 Å². The summed E-state index contributed by atoms with van der Waals surface area (Å²) in [6.07, 6.45) is 6.88. The Labute approximate surface area is 170 Å². The van der Waals surface area contributed by atoms with Crippen LogP contribution in [0, 0.1) is 57.7 Å². The summed E-state index contributed by atoms with van der Waals surface area (Å²) >= 11 is 6.69. The molecule has 0 N–H and O–H groups in total. The summed E-state index contributed by atoms with van der Waals surface area (Å²) in [4.78, 5) is 14.8. The van der Waals surface area contributed by atoms with E-state index in [0.29, 0.717) is 29.0 Å². The molecule has 5 heteroatoms. The Morgan fingerprint density at radius 2 is 1.57 bits per heavy atom. The van der Waals surface area contributed by atoms with Gasteiger partial charge >= 0.3 is 0 Å². The molecule has 4 fully saturated rings. The second-order valence-electron chi connectivity index (χ2n) is 9.19. The lowest BCUT2D eigenvalue weighted by atomic mass is 9.44. The molecule has 1 amide bonds. The molecule has 4 aliphatic carbocycles. The standard InChI is InChI=1S/C23H22ClN3O/c24-21-18(12-25)20(23-9-14-6-15(10-23)8-16(7-14)11-23)19(13-26)22(28)27(21)17-4-2-1-3-5-17/h1-5,14-16,19-20H,6-11H2/t14?,15?,16?,19-,20+,23?/m1/s1. The number of carbonyl (C=O) groups is 1. The summed E-state index contributed by atoms with van der Waals surface area (Å²) in [7, 11) is 0. The number of allylic oxidation sites excluding steroid dienone is 1. The predicted molar refractivity (Wildman–Crippen MR) is 106 cm³/mol. The van der Waals surface area contributed by atoms with Gasteiger partial charge in [-0.2, -0.15) is 10.5 Å². The Balaban J connectivity index is 1.64. The highest BCUT2D eigenvalue weighted by molar-refractivity contribution is 6.35. The third-order valence-electron chi connectivity index (χ3n) is 7.57. The first kappa shape index (κ1) is 17.8. The third kappa shape index (κ3) is 2.44. The first-order valence-electron chi connectivity index (χ1n) is 10.1. The number of rotatable bonds is 2. The lowest BCUT2D eigenvalue weighted by molar-refractivity contribution is -0.129. The minimum absolute atomic E-state index is 0.126. The van der Waals surface area contributed by atoms with Gasteiger partial charge in [-0.1, -0.05) is 29.8 Å². The molecule has 4 saturated carbocycles. The summed E-state index contributed by atoms with van der Waals surface area (Å²) in [5, 5.41) is 20.3. The number of para-hydroxylation sites is 1. The molecule has 0 saturated heterocycles. The fraction of sp³-hybridized carbons (Fsp3) is 0.522. The number of nitrogens with zero attached hydrogens (tertiary/aromatic N) is 3. The fourth-order valence-corrected chi connectivity index (χ4v) is 7.42. The van der Waals surface area contributed by atoms with Crippen LogP contribution in [0.2, 0.25) is 0 Å². The zero-order chi connectivity index (χ0) is 19.5. The van der Waals surface area contributed by atoms with Crippen molar-refractivity contribution in [3.05, 3.63) is 41.1 Å². The van der Waals surface area contributed by atoms with Crippen molar-refractivity contribution < 1.29 is 4.79 Å². The van der Waals surface area contributed by atoms with Crippen molar-refractivity contribution in [1.82, 2.24) is 0 Å². The normalized spacial score (nSPS) is 39.0. The lowest BCUT2D eigenvalue weighted by Crippen LogP contribution is -2.55. The molecule has 4 bridgehead atoms. The van der Waals surface area contributed by atoms with Crippen LogP contribution in [0.1, 0.15) is 38.5 Å². The predicted octanol–water partition coefficient (Wildman–Crippen LogP) is 4.98. The number of hydrogen-bond donors (Lipinski definition) is 0. The van der Waals surface area contributed by atoms with Crippen molar-refractivity contribution >= 4 is 23.2 Å². The molecular weight excluding hydrogens is 370 g/mol. The first-order valence-corrected chi connectivity index (χ1v) is 10.5. The molecule has 0 spiro atoms. The van der Waals surface area contributed by atoms with Gasteiger partial charge in [-0.15, -0.1) is 0 Å². The van der Waals surface area contributed by atoms with Gasteiger partial charge in [0, 0.05) is 11.6 Å². The zero-order valence-electron chi connectivity index (χ0n) is 15.6. The maximum Gasteiger partial charge on any atom is 0.250 e. The highest BCUT2D eigenvalue weighted by atomic mass is 35.5. The summed E-state index contributed by atoms with van der Waals surface area (Å²) in [5.74, 6) is 0.493. The molecule has 0 aromatic heterocycles. The zero-order valence-corrected chi connectivity index (χ0v) is 16.4. The van der Waals surface area contributed by atoms with Crippen molar-refractivity contribution in [1.29, 1.82) is 10.5 Å². The van der Waals surface area contributed by atoms with E-state index in [2.05, 4.69) is 12.1 Å². The number of carbonyl (C=O) groups excluding carboxylic acids is 1. The molecule has 4 nitrogen and oxygen atoms in total. The van der Waals surface area contributed by atoms with Crippen molar-refractivity contribution in [3.63, 3.8) is 0 Å². The molecule has 0 unspecified atom stereocenters. The van der Waals surface area contributed by atoms with E-state index in [1.807, 2.05) is 18.2 Å². The number of nitriles is 2. The average molecular weight is 392 g/mol. The molecule has 2 atom stereocenters. The molecule has 28 heavy (non-hydrogen) atoms. The van der Waals surface area contributed by atoms with E-state index in [0.717, 1.165) is 19.3 Å². The van der Waals surface area contributed by atoms with Crippen LogP contribution < -0.4 is 4.90 Å². The van der Waals surface area contributed by atoms with Crippen molar-refractivity contribution in [2.45, 2.75) is 38.5 Å². The molecule has 5 aliphatic rings. The van der Waals surface area contributed by atoms with Gasteiger partial charge in [0.05, 0.1) is 17.7 Å². The highest BCUT2D eigenvalue weighted by Gasteiger charge is 2.60. The second-order valence-corrected chi connectivity index (χ2v) is 9.55. The van der Waals surface area contributed by atoms with Crippen LogP contribution in [-0.2, 0) is 4.79 Å². The highest BCUT2D eigenvalue weighted by Crippen LogP contribution is 2.65. The molecule has 142 valence electrons. The summed E-state index contributed by atoms with van der Waals surface area (Å²) in [6, 6.07) is 13.7. The molecule has 1 aromatic carbocycles. The molecular formula is C23H22ClN3O. The number of hydrogen-bond acceptors (Lipinski definition) is 3.